The van der Waals surface area contributed by atoms with Crippen LogP contribution in [0.4, 0.5) is 0 Å². The highest BCUT2D eigenvalue weighted by molar-refractivity contribution is 5.78. The fourth-order valence-corrected chi connectivity index (χ4v) is 4.99. The lowest BCUT2D eigenvalue weighted by Gasteiger charge is -2.39. The Balaban J connectivity index is 1.31. The number of likely N-dealkylation sites (tertiary alicyclic amines) is 1. The average Bonchev–Trinajstić information content (AvgIpc) is 3.25. The Hall–Kier alpha value is -2.08. The molecule has 6 nitrogen and oxygen atoms in total. The van der Waals surface area contributed by atoms with E-state index in [0.717, 1.165) is 19.4 Å². The summed E-state index contributed by atoms with van der Waals surface area (Å²) in [6, 6.07) is 5.72. The van der Waals surface area contributed by atoms with Crippen molar-refractivity contribution < 1.29 is 18.5 Å². The van der Waals surface area contributed by atoms with Crippen LogP contribution in [0.5, 0.6) is 0 Å². The molecule has 2 fully saturated rings. The average molecular weight is 358 g/mol. The summed E-state index contributed by atoms with van der Waals surface area (Å²) in [5, 5.41) is 3.96. The molecule has 6 heteroatoms. The minimum Gasteiger partial charge on any atom is -0.461 e. The van der Waals surface area contributed by atoms with Crippen LogP contribution >= 0.6 is 0 Å². The second-order valence-corrected chi connectivity index (χ2v) is 8.89. The molecule has 0 radical (unpaired) electrons. The number of hydrogen-bond donors (Lipinski definition) is 0. The van der Waals surface area contributed by atoms with Crippen LogP contribution in [-0.4, -0.2) is 35.2 Å². The Morgan fingerprint density at radius 3 is 2.96 bits per heavy atom. The van der Waals surface area contributed by atoms with Gasteiger partial charge in [0.05, 0.1) is 12.9 Å². The fraction of sp³-hybridized carbons (Fsp3) is 0.600. The van der Waals surface area contributed by atoms with Gasteiger partial charge in [0.25, 0.3) is 0 Å². The molecule has 2 aliphatic rings. The standard InChI is InChI=1S/C20H26N2O4/c1-19(2)8-15-9-20(3,12-19)13-22(15)18(23)11-24-10-14-7-17(26-21-14)16-5-4-6-25-16/h4-7,15H,8-13H2,1-3H3. The van der Waals surface area contributed by atoms with Crippen LogP contribution in [0.2, 0.25) is 0 Å². The zero-order chi connectivity index (χ0) is 18.4. The van der Waals surface area contributed by atoms with Gasteiger partial charge in [-0.25, -0.2) is 0 Å². The third-order valence-electron chi connectivity index (χ3n) is 5.53. The Morgan fingerprint density at radius 2 is 2.19 bits per heavy atom. The fourth-order valence-electron chi connectivity index (χ4n) is 4.99. The van der Waals surface area contributed by atoms with Crippen LogP contribution in [0.25, 0.3) is 11.5 Å². The van der Waals surface area contributed by atoms with E-state index >= 15 is 0 Å². The molecule has 3 heterocycles. The number of aromatic nitrogens is 1. The lowest BCUT2D eigenvalue weighted by molar-refractivity contribution is -0.137. The van der Waals surface area contributed by atoms with Gasteiger partial charge in [-0.05, 0) is 42.2 Å². The number of carbonyl (C=O) groups excluding carboxylic acids is 1. The summed E-state index contributed by atoms with van der Waals surface area (Å²) in [6.45, 7) is 8.09. The quantitative estimate of drug-likeness (QED) is 0.811. The Kier molecular flexibility index (Phi) is 4.18. The molecule has 2 aromatic rings. The number of ether oxygens (including phenoxy) is 1. The molecule has 0 aromatic carbocycles. The zero-order valence-electron chi connectivity index (χ0n) is 15.7. The number of fused-ring (bicyclic) bond motifs is 2. The molecule has 1 aliphatic carbocycles. The van der Waals surface area contributed by atoms with Crippen molar-refractivity contribution in [1.29, 1.82) is 0 Å². The molecule has 2 unspecified atom stereocenters. The molecule has 2 atom stereocenters. The number of rotatable bonds is 5. The molecule has 0 N–H and O–H groups in total. The van der Waals surface area contributed by atoms with E-state index in [1.807, 2.05) is 11.0 Å². The molecule has 26 heavy (non-hydrogen) atoms. The Morgan fingerprint density at radius 1 is 1.35 bits per heavy atom. The molecule has 1 amide bonds. The third-order valence-corrected chi connectivity index (χ3v) is 5.53. The molecule has 1 saturated heterocycles. The number of carbonyl (C=O) groups is 1. The van der Waals surface area contributed by atoms with Gasteiger partial charge in [0.15, 0.2) is 5.76 Å². The zero-order valence-corrected chi connectivity index (χ0v) is 15.7. The van der Waals surface area contributed by atoms with Crippen LogP contribution in [0.3, 0.4) is 0 Å². The van der Waals surface area contributed by atoms with Crippen LogP contribution in [-0.2, 0) is 16.1 Å². The highest BCUT2D eigenvalue weighted by atomic mass is 16.5. The number of nitrogens with zero attached hydrogens (tertiary/aromatic N) is 2. The summed E-state index contributed by atoms with van der Waals surface area (Å²) >= 11 is 0. The van der Waals surface area contributed by atoms with Crippen molar-refractivity contribution in [3.05, 3.63) is 30.2 Å². The maximum atomic E-state index is 12.7. The molecule has 1 aliphatic heterocycles. The molecule has 140 valence electrons. The maximum absolute atomic E-state index is 12.7. The Bertz CT molecular complexity index is 780. The van der Waals surface area contributed by atoms with Gasteiger partial charge in [-0.2, -0.15) is 0 Å². The second-order valence-electron chi connectivity index (χ2n) is 8.89. The summed E-state index contributed by atoms with van der Waals surface area (Å²) in [7, 11) is 0. The summed E-state index contributed by atoms with van der Waals surface area (Å²) in [4.78, 5) is 14.7. The molecule has 2 bridgehead atoms. The predicted octanol–water partition coefficient (Wildman–Crippen LogP) is 3.88. The first-order chi connectivity index (χ1) is 12.3. The van der Waals surface area contributed by atoms with Crippen molar-refractivity contribution in [3.63, 3.8) is 0 Å². The molecule has 2 aromatic heterocycles. The molecular formula is C20H26N2O4. The van der Waals surface area contributed by atoms with E-state index in [2.05, 4.69) is 25.9 Å². The summed E-state index contributed by atoms with van der Waals surface area (Å²) in [6.07, 6.45) is 4.94. The first-order valence-electron chi connectivity index (χ1n) is 9.20. The summed E-state index contributed by atoms with van der Waals surface area (Å²) in [5.74, 6) is 1.26. The molecular weight excluding hydrogens is 332 g/mol. The van der Waals surface area contributed by atoms with E-state index in [-0.39, 0.29) is 24.5 Å². The van der Waals surface area contributed by atoms with Gasteiger partial charge in [0.2, 0.25) is 11.7 Å². The highest BCUT2D eigenvalue weighted by Gasteiger charge is 2.50. The SMILES string of the molecule is CC1(C)CC2CC(C)(CN2C(=O)COCc2cc(-c3ccco3)on2)C1. The van der Waals surface area contributed by atoms with Crippen molar-refractivity contribution in [3.8, 4) is 11.5 Å². The van der Waals surface area contributed by atoms with Crippen LogP contribution in [0.1, 0.15) is 45.7 Å². The summed E-state index contributed by atoms with van der Waals surface area (Å²) < 4.78 is 16.1. The summed E-state index contributed by atoms with van der Waals surface area (Å²) in [5.41, 5.74) is 1.19. The van der Waals surface area contributed by atoms with Crippen LogP contribution in [0, 0.1) is 10.8 Å². The van der Waals surface area contributed by atoms with Gasteiger partial charge in [0.1, 0.15) is 12.3 Å². The van der Waals surface area contributed by atoms with Crippen molar-refractivity contribution in [1.82, 2.24) is 10.1 Å². The number of hydrogen-bond acceptors (Lipinski definition) is 5. The van der Waals surface area contributed by atoms with Crippen molar-refractivity contribution in [2.24, 2.45) is 10.8 Å². The second kappa shape index (κ2) is 6.27. The normalized spacial score (nSPS) is 27.0. The van der Waals surface area contributed by atoms with E-state index in [9.17, 15) is 4.79 Å². The van der Waals surface area contributed by atoms with Crippen molar-refractivity contribution in [2.45, 2.75) is 52.7 Å². The first kappa shape index (κ1) is 17.3. The van der Waals surface area contributed by atoms with Crippen LogP contribution < -0.4 is 0 Å². The van der Waals surface area contributed by atoms with E-state index in [0.29, 0.717) is 28.7 Å². The molecule has 4 rings (SSSR count). The van der Waals surface area contributed by atoms with Gasteiger partial charge >= 0.3 is 0 Å². The minimum atomic E-state index is 0.0752. The highest BCUT2D eigenvalue weighted by Crippen LogP contribution is 2.52. The molecule has 0 spiro atoms. The number of amides is 1. The maximum Gasteiger partial charge on any atom is 0.248 e. The lowest BCUT2D eigenvalue weighted by atomic mass is 9.65. The third kappa shape index (κ3) is 3.43. The largest absolute Gasteiger partial charge is 0.461 e. The first-order valence-corrected chi connectivity index (χ1v) is 9.20. The Labute approximate surface area is 153 Å². The van der Waals surface area contributed by atoms with E-state index in [1.165, 1.54) is 6.42 Å². The van der Waals surface area contributed by atoms with Crippen LogP contribution in [0.15, 0.2) is 33.4 Å². The van der Waals surface area contributed by atoms with Gasteiger partial charge in [-0.15, -0.1) is 0 Å². The monoisotopic (exact) mass is 358 g/mol. The number of furan rings is 1. The van der Waals surface area contributed by atoms with Crippen molar-refractivity contribution in [2.75, 3.05) is 13.2 Å². The van der Waals surface area contributed by atoms with Gasteiger partial charge in [-0.3, -0.25) is 4.79 Å². The van der Waals surface area contributed by atoms with Crippen molar-refractivity contribution >= 4 is 5.91 Å². The van der Waals surface area contributed by atoms with E-state index < -0.39 is 0 Å². The lowest BCUT2D eigenvalue weighted by Crippen LogP contribution is -2.39. The molecule has 1 saturated carbocycles. The topological polar surface area (TPSA) is 68.7 Å². The van der Waals surface area contributed by atoms with Gasteiger partial charge in [-0.1, -0.05) is 25.9 Å². The minimum absolute atomic E-state index is 0.0752. The van der Waals surface area contributed by atoms with E-state index in [1.54, 1.807) is 18.4 Å². The van der Waals surface area contributed by atoms with E-state index in [4.69, 9.17) is 13.7 Å². The predicted molar refractivity (Wildman–Crippen MR) is 95.1 cm³/mol. The smallest absolute Gasteiger partial charge is 0.248 e. The van der Waals surface area contributed by atoms with Gasteiger partial charge in [0, 0.05) is 18.7 Å². The van der Waals surface area contributed by atoms with Gasteiger partial charge < -0.3 is 18.6 Å².